The van der Waals surface area contributed by atoms with Crippen LogP contribution in [-0.2, 0) is 11.3 Å². The van der Waals surface area contributed by atoms with Crippen molar-refractivity contribution in [1.82, 2.24) is 19.7 Å². The van der Waals surface area contributed by atoms with Crippen LogP contribution in [0.2, 0.25) is 0 Å². The number of hydrogen-bond donors (Lipinski definition) is 1. The third-order valence-electron chi connectivity index (χ3n) is 5.23. The number of hydrogen-bond acceptors (Lipinski definition) is 5. The van der Waals surface area contributed by atoms with E-state index in [1.54, 1.807) is 0 Å². The molecule has 1 aromatic carbocycles. The fourth-order valence-electron chi connectivity index (χ4n) is 3.75. The Morgan fingerprint density at radius 3 is 2.68 bits per heavy atom. The molecule has 7 heteroatoms. The fourth-order valence-corrected chi connectivity index (χ4v) is 3.75. The SMILES string of the molecule is CC(C)Cn1cc(-c2nc(N3CCC(C(N)=O)CC3)nc3ccccc23)cn1. The zero-order valence-electron chi connectivity index (χ0n) is 16.4. The Bertz CT molecular complexity index is 987. The van der Waals surface area contributed by atoms with Gasteiger partial charge in [0.25, 0.3) is 0 Å². The van der Waals surface area contributed by atoms with Crippen LogP contribution in [0.1, 0.15) is 26.7 Å². The number of piperidine rings is 1. The number of para-hydroxylation sites is 1. The van der Waals surface area contributed by atoms with Crippen molar-refractivity contribution in [3.63, 3.8) is 0 Å². The van der Waals surface area contributed by atoms with Gasteiger partial charge in [-0.15, -0.1) is 0 Å². The van der Waals surface area contributed by atoms with E-state index >= 15 is 0 Å². The van der Waals surface area contributed by atoms with Gasteiger partial charge in [-0.05, 0) is 24.8 Å². The number of nitrogens with zero attached hydrogens (tertiary/aromatic N) is 5. The van der Waals surface area contributed by atoms with Crippen molar-refractivity contribution in [2.75, 3.05) is 18.0 Å². The van der Waals surface area contributed by atoms with Gasteiger partial charge in [0, 0.05) is 42.7 Å². The number of anilines is 1. The van der Waals surface area contributed by atoms with Crippen LogP contribution in [0, 0.1) is 11.8 Å². The van der Waals surface area contributed by atoms with Crippen molar-refractivity contribution in [1.29, 1.82) is 0 Å². The minimum atomic E-state index is -0.211. The second-order valence-corrected chi connectivity index (χ2v) is 7.90. The molecule has 0 aliphatic carbocycles. The summed E-state index contributed by atoms with van der Waals surface area (Å²) in [6.45, 7) is 6.69. The second kappa shape index (κ2) is 7.58. The molecule has 4 rings (SSSR count). The quantitative estimate of drug-likeness (QED) is 0.737. The molecule has 2 N–H and O–H groups in total. The molecule has 0 saturated carbocycles. The summed E-state index contributed by atoms with van der Waals surface area (Å²) < 4.78 is 1.97. The zero-order valence-corrected chi connectivity index (χ0v) is 16.4. The minimum Gasteiger partial charge on any atom is -0.369 e. The predicted octanol–water partition coefficient (Wildman–Crippen LogP) is 2.85. The second-order valence-electron chi connectivity index (χ2n) is 7.90. The minimum absolute atomic E-state index is 0.0505. The summed E-state index contributed by atoms with van der Waals surface area (Å²) in [5.74, 6) is 0.966. The standard InChI is InChI=1S/C21H26N6O/c1-14(2)12-27-13-16(11-23-27)19-17-5-3-4-6-18(17)24-21(25-19)26-9-7-15(8-10-26)20(22)28/h3-6,11,13-15H,7-10,12H2,1-2H3,(H2,22,28). The van der Waals surface area contributed by atoms with Gasteiger partial charge in [-0.25, -0.2) is 9.97 Å². The summed E-state index contributed by atoms with van der Waals surface area (Å²) in [4.78, 5) is 23.3. The molecule has 0 spiro atoms. The highest BCUT2D eigenvalue weighted by Crippen LogP contribution is 2.29. The molecule has 1 saturated heterocycles. The lowest BCUT2D eigenvalue weighted by Gasteiger charge is -2.30. The van der Waals surface area contributed by atoms with Gasteiger partial charge >= 0.3 is 0 Å². The highest BCUT2D eigenvalue weighted by Gasteiger charge is 2.25. The van der Waals surface area contributed by atoms with E-state index in [4.69, 9.17) is 15.7 Å². The van der Waals surface area contributed by atoms with E-state index in [-0.39, 0.29) is 11.8 Å². The third kappa shape index (κ3) is 3.69. The molecule has 0 unspecified atom stereocenters. The van der Waals surface area contributed by atoms with Crippen molar-refractivity contribution < 1.29 is 4.79 Å². The Morgan fingerprint density at radius 2 is 1.96 bits per heavy atom. The van der Waals surface area contributed by atoms with E-state index in [0.717, 1.165) is 54.6 Å². The summed E-state index contributed by atoms with van der Waals surface area (Å²) in [5, 5.41) is 5.52. The van der Waals surface area contributed by atoms with E-state index in [2.05, 4.69) is 30.0 Å². The number of primary amides is 1. The Labute approximate surface area is 164 Å². The summed E-state index contributed by atoms with van der Waals surface area (Å²) in [6.07, 6.45) is 5.42. The molecular weight excluding hydrogens is 352 g/mol. The highest BCUT2D eigenvalue weighted by molar-refractivity contribution is 5.92. The molecule has 1 fully saturated rings. The van der Waals surface area contributed by atoms with E-state index in [1.807, 2.05) is 35.1 Å². The van der Waals surface area contributed by atoms with Crippen molar-refractivity contribution >= 4 is 22.8 Å². The molecule has 2 aromatic heterocycles. The Balaban J connectivity index is 1.70. The van der Waals surface area contributed by atoms with Crippen LogP contribution < -0.4 is 10.6 Å². The number of fused-ring (bicyclic) bond motifs is 1. The number of amides is 1. The van der Waals surface area contributed by atoms with Gasteiger partial charge in [0.1, 0.15) is 0 Å². The van der Waals surface area contributed by atoms with Crippen LogP contribution in [0.3, 0.4) is 0 Å². The lowest BCUT2D eigenvalue weighted by atomic mass is 9.96. The Kier molecular flexibility index (Phi) is 4.98. The zero-order chi connectivity index (χ0) is 19.7. The predicted molar refractivity (Wildman–Crippen MR) is 110 cm³/mol. The molecule has 0 radical (unpaired) electrons. The Hall–Kier alpha value is -2.96. The number of benzene rings is 1. The van der Waals surface area contributed by atoms with E-state index < -0.39 is 0 Å². The first-order chi connectivity index (χ1) is 13.5. The summed E-state index contributed by atoms with van der Waals surface area (Å²) in [7, 11) is 0. The average molecular weight is 378 g/mol. The van der Waals surface area contributed by atoms with Gasteiger partial charge in [-0.3, -0.25) is 9.48 Å². The molecule has 1 aliphatic heterocycles. The fraction of sp³-hybridized carbons (Fsp3) is 0.429. The average Bonchev–Trinajstić information content (AvgIpc) is 3.14. The Morgan fingerprint density at radius 1 is 1.21 bits per heavy atom. The highest BCUT2D eigenvalue weighted by atomic mass is 16.1. The molecule has 0 atom stereocenters. The lowest BCUT2D eigenvalue weighted by molar-refractivity contribution is -0.122. The molecule has 1 amide bonds. The smallest absolute Gasteiger partial charge is 0.226 e. The first kappa shape index (κ1) is 18.4. The summed E-state index contributed by atoms with van der Waals surface area (Å²) in [5.41, 5.74) is 8.27. The third-order valence-corrected chi connectivity index (χ3v) is 5.23. The van der Waals surface area contributed by atoms with E-state index in [9.17, 15) is 4.79 Å². The first-order valence-electron chi connectivity index (χ1n) is 9.85. The van der Waals surface area contributed by atoms with Crippen LogP contribution in [-0.4, -0.2) is 38.7 Å². The first-order valence-corrected chi connectivity index (χ1v) is 9.85. The van der Waals surface area contributed by atoms with Crippen molar-refractivity contribution in [2.45, 2.75) is 33.2 Å². The van der Waals surface area contributed by atoms with Crippen LogP contribution in [0.4, 0.5) is 5.95 Å². The lowest BCUT2D eigenvalue weighted by Crippen LogP contribution is -2.39. The monoisotopic (exact) mass is 378 g/mol. The van der Waals surface area contributed by atoms with Gasteiger partial charge < -0.3 is 10.6 Å². The molecule has 3 aromatic rings. The maximum atomic E-state index is 11.5. The van der Waals surface area contributed by atoms with Crippen LogP contribution in [0.5, 0.6) is 0 Å². The van der Waals surface area contributed by atoms with Crippen LogP contribution in [0.15, 0.2) is 36.7 Å². The summed E-state index contributed by atoms with van der Waals surface area (Å²) >= 11 is 0. The van der Waals surface area contributed by atoms with Gasteiger partial charge in [0.05, 0.1) is 17.4 Å². The van der Waals surface area contributed by atoms with Crippen molar-refractivity contribution in [3.05, 3.63) is 36.7 Å². The number of rotatable bonds is 5. The molecule has 0 bridgehead atoms. The van der Waals surface area contributed by atoms with Gasteiger partial charge in [-0.2, -0.15) is 5.10 Å². The van der Waals surface area contributed by atoms with Crippen LogP contribution in [0.25, 0.3) is 22.2 Å². The number of aromatic nitrogens is 4. The van der Waals surface area contributed by atoms with Gasteiger partial charge in [0.15, 0.2) is 0 Å². The maximum absolute atomic E-state index is 11.5. The molecule has 28 heavy (non-hydrogen) atoms. The maximum Gasteiger partial charge on any atom is 0.226 e. The molecular formula is C21H26N6O. The molecule has 3 heterocycles. The molecule has 7 nitrogen and oxygen atoms in total. The summed E-state index contributed by atoms with van der Waals surface area (Å²) in [6, 6.07) is 8.06. The van der Waals surface area contributed by atoms with E-state index in [1.165, 1.54) is 0 Å². The van der Waals surface area contributed by atoms with Crippen molar-refractivity contribution in [2.24, 2.45) is 17.6 Å². The number of nitrogens with two attached hydrogens (primary N) is 1. The number of carbonyl (C=O) groups is 1. The number of carbonyl (C=O) groups excluding carboxylic acids is 1. The molecule has 146 valence electrons. The van der Waals surface area contributed by atoms with Crippen molar-refractivity contribution in [3.8, 4) is 11.3 Å². The topological polar surface area (TPSA) is 89.9 Å². The van der Waals surface area contributed by atoms with Gasteiger partial charge in [0.2, 0.25) is 11.9 Å². The normalized spacial score (nSPS) is 15.5. The molecule has 1 aliphatic rings. The van der Waals surface area contributed by atoms with Gasteiger partial charge in [-0.1, -0.05) is 32.0 Å². The largest absolute Gasteiger partial charge is 0.369 e. The van der Waals surface area contributed by atoms with E-state index in [0.29, 0.717) is 11.9 Å². The van der Waals surface area contributed by atoms with Crippen LogP contribution >= 0.6 is 0 Å².